The molecule has 0 unspecified atom stereocenters. The minimum absolute atomic E-state index is 0.0256. The average Bonchev–Trinajstić information content (AvgIpc) is 2.48. The zero-order chi connectivity index (χ0) is 15.4. The van der Waals surface area contributed by atoms with Crippen LogP contribution in [0.5, 0.6) is 0 Å². The van der Waals surface area contributed by atoms with Gasteiger partial charge in [0, 0.05) is 24.4 Å². The average molecular weight is 311 g/mol. The Balaban J connectivity index is 2.17. The number of nitrogens with two attached hydrogens (primary N) is 1. The lowest BCUT2D eigenvalue weighted by Crippen LogP contribution is -2.08. The summed E-state index contributed by atoms with van der Waals surface area (Å²) in [4.78, 5) is 10.3. The fraction of sp³-hybridized carbons (Fsp3) is 0.0769. The van der Waals surface area contributed by atoms with Crippen LogP contribution in [0, 0.1) is 15.9 Å². The molecule has 0 fully saturated rings. The number of anilines is 2. The molecule has 0 aliphatic heterocycles. The van der Waals surface area contributed by atoms with Crippen molar-refractivity contribution in [1.29, 1.82) is 0 Å². The van der Waals surface area contributed by atoms with Gasteiger partial charge < -0.3 is 10.7 Å². The zero-order valence-electron chi connectivity index (χ0n) is 10.8. The van der Waals surface area contributed by atoms with E-state index in [9.17, 15) is 14.5 Å². The second-order valence-electron chi connectivity index (χ2n) is 4.27. The van der Waals surface area contributed by atoms with Gasteiger partial charge in [-0.15, -0.1) is 0 Å². The number of hydrogen-bond acceptors (Lipinski definition) is 5. The van der Waals surface area contributed by atoms with Gasteiger partial charge in [0.05, 0.1) is 15.6 Å². The summed E-state index contributed by atoms with van der Waals surface area (Å²) in [6.07, 6.45) is 0. The molecule has 0 spiro atoms. The number of benzene rings is 2. The molecule has 0 heterocycles. The van der Waals surface area contributed by atoms with Crippen LogP contribution in [-0.2, 0) is 6.54 Å². The summed E-state index contributed by atoms with van der Waals surface area (Å²) in [6, 6.07) is 8.65. The van der Waals surface area contributed by atoms with Crippen LogP contribution in [0.25, 0.3) is 0 Å². The maximum absolute atomic E-state index is 13.1. The van der Waals surface area contributed by atoms with Gasteiger partial charge in [0.1, 0.15) is 5.82 Å². The first-order chi connectivity index (χ1) is 9.99. The molecule has 0 atom stereocenters. The van der Waals surface area contributed by atoms with Crippen LogP contribution in [-0.4, -0.2) is 4.92 Å². The van der Waals surface area contributed by atoms with E-state index in [1.165, 1.54) is 24.3 Å². The Labute approximate surface area is 124 Å². The monoisotopic (exact) mass is 310 g/mol. The van der Waals surface area contributed by atoms with Gasteiger partial charge in [-0.1, -0.05) is 17.7 Å². The molecule has 0 amide bonds. The zero-order valence-corrected chi connectivity index (χ0v) is 11.5. The van der Waals surface area contributed by atoms with E-state index in [1.54, 1.807) is 12.1 Å². The van der Waals surface area contributed by atoms with E-state index in [0.717, 1.165) is 5.56 Å². The molecule has 0 radical (unpaired) electrons. The smallest absolute Gasteiger partial charge is 0.273 e. The lowest BCUT2D eigenvalue weighted by atomic mass is 10.2. The van der Waals surface area contributed by atoms with Crippen LogP contribution < -0.4 is 16.6 Å². The van der Waals surface area contributed by atoms with Gasteiger partial charge in [-0.2, -0.15) is 0 Å². The van der Waals surface area contributed by atoms with Crippen LogP contribution in [0.4, 0.5) is 21.5 Å². The van der Waals surface area contributed by atoms with Gasteiger partial charge in [0.2, 0.25) is 0 Å². The normalized spacial score (nSPS) is 10.2. The topological polar surface area (TPSA) is 93.2 Å². The number of nitrogens with one attached hydrogen (secondary N) is 2. The molecule has 2 rings (SSSR count). The molecule has 21 heavy (non-hydrogen) atoms. The van der Waals surface area contributed by atoms with Gasteiger partial charge in [-0.05, 0) is 23.8 Å². The number of non-ortho nitro benzene ring substituents is 1. The first-order valence-electron chi connectivity index (χ1n) is 5.93. The number of nitrogen functional groups attached to an aromatic ring is 1. The summed E-state index contributed by atoms with van der Waals surface area (Å²) in [5.74, 6) is 4.78. The predicted molar refractivity (Wildman–Crippen MR) is 79.6 cm³/mol. The highest BCUT2D eigenvalue weighted by Crippen LogP contribution is 2.24. The number of halogens is 2. The highest BCUT2D eigenvalue weighted by atomic mass is 35.5. The molecule has 2 aromatic carbocycles. The fourth-order valence-corrected chi connectivity index (χ4v) is 1.96. The molecule has 0 aromatic heterocycles. The molecule has 110 valence electrons. The van der Waals surface area contributed by atoms with E-state index in [1.807, 2.05) is 0 Å². The van der Waals surface area contributed by atoms with E-state index in [4.69, 9.17) is 17.4 Å². The number of rotatable bonds is 5. The Kier molecular flexibility index (Phi) is 4.56. The second-order valence-corrected chi connectivity index (χ2v) is 4.68. The van der Waals surface area contributed by atoms with Crippen LogP contribution in [0.3, 0.4) is 0 Å². The number of hydrazine groups is 1. The Bertz CT molecular complexity index is 681. The maximum atomic E-state index is 13.1. The second kappa shape index (κ2) is 6.38. The summed E-state index contributed by atoms with van der Waals surface area (Å²) in [5, 5.41) is 13.8. The highest BCUT2D eigenvalue weighted by Gasteiger charge is 2.09. The van der Waals surface area contributed by atoms with Crippen LogP contribution in [0.2, 0.25) is 5.02 Å². The Morgan fingerprint density at radius 2 is 1.95 bits per heavy atom. The number of nitrogens with zero attached hydrogens (tertiary/aromatic N) is 1. The summed E-state index contributed by atoms with van der Waals surface area (Å²) in [5.41, 5.74) is 3.93. The molecule has 4 N–H and O–H groups in total. The quantitative estimate of drug-likeness (QED) is 0.447. The van der Waals surface area contributed by atoms with Crippen LogP contribution >= 0.6 is 11.6 Å². The van der Waals surface area contributed by atoms with E-state index in [-0.39, 0.29) is 10.7 Å². The molecule has 0 saturated carbocycles. The summed E-state index contributed by atoms with van der Waals surface area (Å²) in [7, 11) is 0. The number of hydrogen-bond donors (Lipinski definition) is 3. The molecule has 0 aliphatic rings. The molecule has 0 bridgehead atoms. The standard InChI is InChI=1S/C13H12ClFN4O2/c14-12-3-8(1-2-13(12)15)7-17-9-4-10(18-16)6-11(5-9)19(20)21/h1-6,17-18H,7,16H2. The van der Waals surface area contributed by atoms with E-state index in [0.29, 0.717) is 17.9 Å². The van der Waals surface area contributed by atoms with Crippen molar-refractivity contribution in [3.8, 4) is 0 Å². The molecule has 0 saturated heterocycles. The number of nitro benzene ring substituents is 1. The minimum atomic E-state index is -0.513. The van der Waals surface area contributed by atoms with Gasteiger partial charge in [0.15, 0.2) is 0 Å². The van der Waals surface area contributed by atoms with E-state index >= 15 is 0 Å². The minimum Gasteiger partial charge on any atom is -0.381 e. The summed E-state index contributed by atoms with van der Waals surface area (Å²) in [6.45, 7) is 0.338. The maximum Gasteiger partial charge on any atom is 0.273 e. The van der Waals surface area contributed by atoms with Gasteiger partial charge in [0.25, 0.3) is 5.69 Å². The van der Waals surface area contributed by atoms with Crippen LogP contribution in [0.1, 0.15) is 5.56 Å². The number of nitro groups is 1. The van der Waals surface area contributed by atoms with Crippen LogP contribution in [0.15, 0.2) is 36.4 Å². The van der Waals surface area contributed by atoms with Gasteiger partial charge >= 0.3 is 0 Å². The predicted octanol–water partition coefficient (Wildman–Crippen LogP) is 3.29. The lowest BCUT2D eigenvalue weighted by molar-refractivity contribution is -0.384. The SMILES string of the molecule is NNc1cc(NCc2ccc(F)c(Cl)c2)cc([N+](=O)[O-])c1. The summed E-state index contributed by atoms with van der Waals surface area (Å²) < 4.78 is 13.1. The highest BCUT2D eigenvalue weighted by molar-refractivity contribution is 6.30. The lowest BCUT2D eigenvalue weighted by Gasteiger charge is -2.09. The third-order valence-corrected chi connectivity index (χ3v) is 3.07. The van der Waals surface area contributed by atoms with Crippen molar-refractivity contribution in [2.75, 3.05) is 10.7 Å². The molecule has 8 heteroatoms. The van der Waals surface area contributed by atoms with Crippen molar-refractivity contribution in [2.45, 2.75) is 6.54 Å². The van der Waals surface area contributed by atoms with Crippen molar-refractivity contribution in [3.63, 3.8) is 0 Å². The van der Waals surface area contributed by atoms with Crippen molar-refractivity contribution in [1.82, 2.24) is 0 Å². The first-order valence-corrected chi connectivity index (χ1v) is 6.31. The molecular formula is C13H12ClFN4O2. The Morgan fingerprint density at radius 3 is 2.57 bits per heavy atom. The molecular weight excluding hydrogens is 299 g/mol. The van der Waals surface area contributed by atoms with Gasteiger partial charge in [-0.25, -0.2) is 4.39 Å². The summed E-state index contributed by atoms with van der Waals surface area (Å²) >= 11 is 5.69. The third-order valence-electron chi connectivity index (χ3n) is 2.78. The fourth-order valence-electron chi connectivity index (χ4n) is 1.76. The Hall–Kier alpha value is -2.38. The van der Waals surface area contributed by atoms with Crippen molar-refractivity contribution in [3.05, 3.63) is 62.9 Å². The molecule has 6 nitrogen and oxygen atoms in total. The van der Waals surface area contributed by atoms with Crippen molar-refractivity contribution in [2.24, 2.45) is 5.84 Å². The van der Waals surface area contributed by atoms with E-state index < -0.39 is 10.7 Å². The molecule has 0 aliphatic carbocycles. The van der Waals surface area contributed by atoms with Crippen molar-refractivity contribution < 1.29 is 9.31 Å². The largest absolute Gasteiger partial charge is 0.381 e. The van der Waals surface area contributed by atoms with E-state index in [2.05, 4.69) is 10.7 Å². The third kappa shape index (κ3) is 3.80. The van der Waals surface area contributed by atoms with Crippen molar-refractivity contribution >= 4 is 28.7 Å². The first kappa shape index (κ1) is 15.0. The van der Waals surface area contributed by atoms with Gasteiger partial charge in [-0.3, -0.25) is 16.0 Å². The Morgan fingerprint density at radius 1 is 1.24 bits per heavy atom. The molecule has 2 aromatic rings.